The minimum atomic E-state index is 0.000429. The van der Waals surface area contributed by atoms with Crippen LogP contribution >= 0.6 is 0 Å². The average molecular weight is 459 g/mol. The van der Waals surface area contributed by atoms with Crippen LogP contribution in [0.15, 0.2) is 29.4 Å². The van der Waals surface area contributed by atoms with Crippen LogP contribution in [0.25, 0.3) is 0 Å². The van der Waals surface area contributed by atoms with Crippen molar-refractivity contribution in [2.24, 2.45) is 5.10 Å². The van der Waals surface area contributed by atoms with Gasteiger partial charge in [0, 0.05) is 6.42 Å². The van der Waals surface area contributed by atoms with Gasteiger partial charge in [0.2, 0.25) is 5.91 Å². The molecule has 0 aliphatic rings. The standard InChI is InChI=1S/C29H50N2O2/c1-3-5-7-8-9-10-11-12-13-14-15-16-17-18-19-20-29(32)31-30-26-27-21-23-28(24-22-27)33-25-6-4-2/h21-24,26H,3-20,25H2,1-2H3,(H,31,32). The number of nitrogens with zero attached hydrogens (tertiary/aromatic N) is 1. The zero-order valence-corrected chi connectivity index (χ0v) is 21.6. The minimum Gasteiger partial charge on any atom is -0.494 e. The number of hydrogen-bond donors (Lipinski definition) is 1. The molecular weight excluding hydrogens is 408 g/mol. The summed E-state index contributed by atoms with van der Waals surface area (Å²) in [5, 5.41) is 4.07. The van der Waals surface area contributed by atoms with Crippen LogP contribution in [0.1, 0.15) is 135 Å². The van der Waals surface area contributed by atoms with Crippen molar-refractivity contribution in [2.75, 3.05) is 6.61 Å². The Hall–Kier alpha value is -1.84. The Labute approximate surface area is 204 Å². The van der Waals surface area contributed by atoms with Gasteiger partial charge in [-0.1, -0.05) is 110 Å². The molecule has 4 nitrogen and oxygen atoms in total. The molecule has 33 heavy (non-hydrogen) atoms. The van der Waals surface area contributed by atoms with Gasteiger partial charge in [0.05, 0.1) is 12.8 Å². The molecule has 1 aromatic rings. The summed E-state index contributed by atoms with van der Waals surface area (Å²) < 4.78 is 5.65. The van der Waals surface area contributed by atoms with Crippen molar-refractivity contribution in [3.05, 3.63) is 29.8 Å². The molecule has 0 bridgehead atoms. The highest BCUT2D eigenvalue weighted by Gasteiger charge is 2.00. The minimum absolute atomic E-state index is 0.000429. The first-order chi connectivity index (χ1) is 16.3. The number of nitrogens with one attached hydrogen (secondary N) is 1. The fourth-order valence-electron chi connectivity index (χ4n) is 3.88. The fourth-order valence-corrected chi connectivity index (χ4v) is 3.88. The monoisotopic (exact) mass is 458 g/mol. The SMILES string of the molecule is CCCCCCCCCCCCCCCCCC(=O)NN=Cc1ccc(OCCCC)cc1. The van der Waals surface area contributed by atoms with E-state index in [1.807, 2.05) is 24.3 Å². The van der Waals surface area contributed by atoms with Gasteiger partial charge < -0.3 is 4.74 Å². The lowest BCUT2D eigenvalue weighted by atomic mass is 10.0. The largest absolute Gasteiger partial charge is 0.494 e. The molecule has 0 aliphatic carbocycles. The first-order valence-electron chi connectivity index (χ1n) is 13.8. The number of rotatable bonds is 22. The summed E-state index contributed by atoms with van der Waals surface area (Å²) in [6.07, 6.45) is 24.4. The van der Waals surface area contributed by atoms with Crippen molar-refractivity contribution in [1.82, 2.24) is 5.43 Å². The van der Waals surface area contributed by atoms with Crippen LogP contribution < -0.4 is 10.2 Å². The van der Waals surface area contributed by atoms with Gasteiger partial charge >= 0.3 is 0 Å². The van der Waals surface area contributed by atoms with Crippen LogP contribution in [0.4, 0.5) is 0 Å². The normalized spacial score (nSPS) is 11.2. The third-order valence-corrected chi connectivity index (χ3v) is 6.06. The third-order valence-electron chi connectivity index (χ3n) is 6.06. The number of unbranched alkanes of at least 4 members (excludes halogenated alkanes) is 15. The summed E-state index contributed by atoms with van der Waals surface area (Å²) in [6, 6.07) is 7.78. The van der Waals surface area contributed by atoms with Crippen molar-refractivity contribution in [3.63, 3.8) is 0 Å². The molecule has 1 rings (SSSR count). The predicted octanol–water partition coefficient (Wildman–Crippen LogP) is 8.58. The first-order valence-corrected chi connectivity index (χ1v) is 13.8. The highest BCUT2D eigenvalue weighted by Crippen LogP contribution is 2.14. The molecule has 4 heteroatoms. The second-order valence-corrected chi connectivity index (χ2v) is 9.26. The van der Waals surface area contributed by atoms with E-state index in [0.29, 0.717) is 6.42 Å². The molecule has 0 heterocycles. The molecule has 0 fully saturated rings. The van der Waals surface area contributed by atoms with E-state index in [-0.39, 0.29) is 5.91 Å². The number of carbonyl (C=O) groups excluding carboxylic acids is 1. The number of hydrogen-bond acceptors (Lipinski definition) is 3. The lowest BCUT2D eigenvalue weighted by Gasteiger charge is -2.05. The van der Waals surface area contributed by atoms with E-state index in [4.69, 9.17) is 4.74 Å². The van der Waals surface area contributed by atoms with Crippen molar-refractivity contribution in [2.45, 2.75) is 129 Å². The lowest BCUT2D eigenvalue weighted by Crippen LogP contribution is -2.16. The Kier molecular flexibility index (Phi) is 19.4. The quantitative estimate of drug-likeness (QED) is 0.107. The maximum Gasteiger partial charge on any atom is 0.240 e. The van der Waals surface area contributed by atoms with E-state index in [1.54, 1.807) is 6.21 Å². The lowest BCUT2D eigenvalue weighted by molar-refractivity contribution is -0.121. The van der Waals surface area contributed by atoms with Crippen LogP contribution in [0.3, 0.4) is 0 Å². The molecule has 1 N–H and O–H groups in total. The van der Waals surface area contributed by atoms with Gasteiger partial charge in [-0.25, -0.2) is 5.43 Å². The van der Waals surface area contributed by atoms with Gasteiger partial charge in [-0.3, -0.25) is 4.79 Å². The van der Waals surface area contributed by atoms with Crippen LogP contribution in [-0.2, 0) is 4.79 Å². The maximum absolute atomic E-state index is 11.9. The molecule has 1 amide bonds. The molecule has 0 atom stereocenters. The molecule has 0 spiro atoms. The Morgan fingerprint density at radius 3 is 1.73 bits per heavy atom. The first kappa shape index (κ1) is 29.2. The van der Waals surface area contributed by atoms with Crippen LogP contribution in [0.2, 0.25) is 0 Å². The molecule has 1 aromatic carbocycles. The van der Waals surface area contributed by atoms with Gasteiger partial charge in [-0.05, 0) is 42.7 Å². The Bertz CT molecular complexity index is 598. The van der Waals surface area contributed by atoms with Crippen LogP contribution in [0.5, 0.6) is 5.75 Å². The second kappa shape index (κ2) is 22.0. The van der Waals surface area contributed by atoms with Crippen molar-refractivity contribution in [3.8, 4) is 5.75 Å². The summed E-state index contributed by atoms with van der Waals surface area (Å²) in [5.74, 6) is 0.873. The van der Waals surface area contributed by atoms with Crippen LogP contribution in [0, 0.1) is 0 Å². The van der Waals surface area contributed by atoms with Crippen molar-refractivity contribution in [1.29, 1.82) is 0 Å². The Morgan fingerprint density at radius 1 is 0.727 bits per heavy atom. The summed E-state index contributed by atoms with van der Waals surface area (Å²) >= 11 is 0. The van der Waals surface area contributed by atoms with E-state index in [9.17, 15) is 4.79 Å². The van der Waals surface area contributed by atoms with Gasteiger partial charge in [-0.15, -0.1) is 0 Å². The van der Waals surface area contributed by atoms with E-state index in [1.165, 1.54) is 83.5 Å². The van der Waals surface area contributed by atoms with Crippen molar-refractivity contribution >= 4 is 12.1 Å². The van der Waals surface area contributed by atoms with E-state index in [2.05, 4.69) is 24.4 Å². The van der Waals surface area contributed by atoms with E-state index in [0.717, 1.165) is 43.6 Å². The third kappa shape index (κ3) is 18.3. The summed E-state index contributed by atoms with van der Waals surface area (Å²) in [7, 11) is 0. The van der Waals surface area contributed by atoms with Gasteiger partial charge in [0.25, 0.3) is 0 Å². The highest BCUT2D eigenvalue weighted by molar-refractivity contribution is 5.82. The number of benzene rings is 1. The molecule has 0 radical (unpaired) electrons. The second-order valence-electron chi connectivity index (χ2n) is 9.26. The zero-order valence-electron chi connectivity index (χ0n) is 21.6. The van der Waals surface area contributed by atoms with Gasteiger partial charge in [-0.2, -0.15) is 5.10 Å². The van der Waals surface area contributed by atoms with E-state index >= 15 is 0 Å². The molecule has 188 valence electrons. The van der Waals surface area contributed by atoms with Crippen LogP contribution in [-0.4, -0.2) is 18.7 Å². The average Bonchev–Trinajstić information content (AvgIpc) is 2.83. The smallest absolute Gasteiger partial charge is 0.240 e. The molecule has 0 saturated carbocycles. The summed E-state index contributed by atoms with van der Waals surface area (Å²) in [6.45, 7) is 5.18. The fraction of sp³-hybridized carbons (Fsp3) is 0.724. The topological polar surface area (TPSA) is 50.7 Å². The molecule has 0 unspecified atom stereocenters. The highest BCUT2D eigenvalue weighted by atomic mass is 16.5. The number of hydrazone groups is 1. The van der Waals surface area contributed by atoms with E-state index < -0.39 is 0 Å². The predicted molar refractivity (Wildman–Crippen MR) is 142 cm³/mol. The van der Waals surface area contributed by atoms with Gasteiger partial charge in [0.1, 0.15) is 5.75 Å². The molecule has 0 saturated heterocycles. The summed E-state index contributed by atoms with van der Waals surface area (Å²) in [5.41, 5.74) is 3.59. The molecular formula is C29H50N2O2. The molecule has 0 aliphatic heterocycles. The number of amides is 1. The summed E-state index contributed by atoms with van der Waals surface area (Å²) in [4.78, 5) is 11.9. The Morgan fingerprint density at radius 2 is 1.21 bits per heavy atom. The maximum atomic E-state index is 11.9. The van der Waals surface area contributed by atoms with Crippen molar-refractivity contribution < 1.29 is 9.53 Å². The number of carbonyl (C=O) groups is 1. The Balaban J connectivity index is 1.91. The van der Waals surface area contributed by atoms with Gasteiger partial charge in [0.15, 0.2) is 0 Å². The zero-order chi connectivity index (χ0) is 23.8. The number of ether oxygens (including phenoxy) is 1. The molecule has 0 aromatic heterocycles.